The Balaban J connectivity index is 1.45. The molecule has 144 valence electrons. The van der Waals surface area contributed by atoms with Gasteiger partial charge in [-0.15, -0.1) is 11.3 Å². The van der Waals surface area contributed by atoms with Crippen molar-refractivity contribution in [3.05, 3.63) is 83.6 Å². The first-order chi connectivity index (χ1) is 14.1. The standard InChI is InChI=1S/C20H13F2N5OS/c21-14-2-1-3-15(22)18(14)16-10-29-20(26-16)27-19(28)12-4-6-13(7-5-12)25-17-8-9-23-11-24-17/h1-11H,(H,23,24,25)(H,26,27,28). The fourth-order valence-electron chi connectivity index (χ4n) is 2.58. The minimum absolute atomic E-state index is 0.130. The molecule has 0 radical (unpaired) electrons. The quantitative estimate of drug-likeness (QED) is 0.491. The minimum atomic E-state index is -0.708. The topological polar surface area (TPSA) is 79.8 Å². The van der Waals surface area contributed by atoms with Crippen LogP contribution in [0, 0.1) is 11.6 Å². The fourth-order valence-corrected chi connectivity index (χ4v) is 3.27. The van der Waals surface area contributed by atoms with Gasteiger partial charge in [0.1, 0.15) is 23.8 Å². The molecule has 1 amide bonds. The van der Waals surface area contributed by atoms with Crippen LogP contribution in [0.15, 0.2) is 66.4 Å². The highest BCUT2D eigenvalue weighted by Gasteiger charge is 2.15. The Kier molecular flexibility index (Phi) is 5.21. The van der Waals surface area contributed by atoms with E-state index in [0.29, 0.717) is 11.4 Å². The van der Waals surface area contributed by atoms with Gasteiger partial charge in [-0.25, -0.2) is 23.7 Å². The van der Waals surface area contributed by atoms with Crippen molar-refractivity contribution in [3.63, 3.8) is 0 Å². The minimum Gasteiger partial charge on any atom is -0.340 e. The maximum absolute atomic E-state index is 13.9. The Labute approximate surface area is 168 Å². The smallest absolute Gasteiger partial charge is 0.257 e. The van der Waals surface area contributed by atoms with Gasteiger partial charge in [-0.1, -0.05) is 6.07 Å². The van der Waals surface area contributed by atoms with Crippen LogP contribution in [0.5, 0.6) is 0 Å². The Bertz CT molecular complexity index is 1130. The summed E-state index contributed by atoms with van der Waals surface area (Å²) >= 11 is 1.09. The molecule has 0 spiro atoms. The number of rotatable bonds is 5. The van der Waals surface area contributed by atoms with Crippen molar-refractivity contribution in [3.8, 4) is 11.3 Å². The number of thiazole rings is 1. The lowest BCUT2D eigenvalue weighted by Crippen LogP contribution is -2.11. The first-order valence-corrected chi connectivity index (χ1v) is 9.32. The van der Waals surface area contributed by atoms with E-state index in [1.165, 1.54) is 17.8 Å². The molecular weight excluding hydrogens is 396 g/mol. The highest BCUT2D eigenvalue weighted by Crippen LogP contribution is 2.29. The maximum atomic E-state index is 13.9. The second-order valence-corrected chi connectivity index (χ2v) is 6.74. The van der Waals surface area contributed by atoms with Crippen LogP contribution in [0.25, 0.3) is 11.3 Å². The van der Waals surface area contributed by atoms with Gasteiger partial charge in [0.05, 0.1) is 11.3 Å². The first-order valence-electron chi connectivity index (χ1n) is 8.44. The Morgan fingerprint density at radius 3 is 2.45 bits per heavy atom. The molecule has 0 aliphatic carbocycles. The summed E-state index contributed by atoms with van der Waals surface area (Å²) in [5.74, 6) is -1.17. The van der Waals surface area contributed by atoms with Crippen LogP contribution in [0.2, 0.25) is 0 Å². The van der Waals surface area contributed by atoms with E-state index in [9.17, 15) is 13.6 Å². The van der Waals surface area contributed by atoms with Crippen LogP contribution in [-0.4, -0.2) is 20.9 Å². The zero-order valence-corrected chi connectivity index (χ0v) is 15.6. The van der Waals surface area contributed by atoms with E-state index >= 15 is 0 Å². The Morgan fingerprint density at radius 2 is 1.76 bits per heavy atom. The summed E-state index contributed by atoms with van der Waals surface area (Å²) in [7, 11) is 0. The first kappa shape index (κ1) is 18.6. The summed E-state index contributed by atoms with van der Waals surface area (Å²) in [6.45, 7) is 0. The third-order valence-electron chi connectivity index (χ3n) is 3.95. The fraction of sp³-hybridized carbons (Fsp3) is 0. The molecule has 4 aromatic rings. The second-order valence-electron chi connectivity index (χ2n) is 5.89. The monoisotopic (exact) mass is 409 g/mol. The van der Waals surface area contributed by atoms with Crippen LogP contribution in [0.1, 0.15) is 10.4 Å². The molecule has 29 heavy (non-hydrogen) atoms. The molecule has 2 heterocycles. The number of carbonyl (C=O) groups is 1. The van der Waals surface area contributed by atoms with Gasteiger partial charge in [-0.2, -0.15) is 0 Å². The molecule has 2 aromatic carbocycles. The van der Waals surface area contributed by atoms with Gasteiger partial charge in [0.2, 0.25) is 0 Å². The van der Waals surface area contributed by atoms with E-state index in [1.54, 1.807) is 36.5 Å². The molecule has 0 saturated heterocycles. The van der Waals surface area contributed by atoms with Gasteiger partial charge >= 0.3 is 0 Å². The number of hydrogen-bond donors (Lipinski definition) is 2. The molecule has 0 saturated carbocycles. The summed E-state index contributed by atoms with van der Waals surface area (Å²) in [6.07, 6.45) is 3.05. The number of anilines is 3. The van der Waals surface area contributed by atoms with Gasteiger partial charge in [0.25, 0.3) is 5.91 Å². The Hall–Kier alpha value is -3.72. The van der Waals surface area contributed by atoms with Crippen molar-refractivity contribution in [1.82, 2.24) is 15.0 Å². The van der Waals surface area contributed by atoms with Crippen molar-refractivity contribution in [2.45, 2.75) is 0 Å². The Morgan fingerprint density at radius 1 is 1.00 bits per heavy atom. The van der Waals surface area contributed by atoms with Crippen molar-refractivity contribution < 1.29 is 13.6 Å². The molecular formula is C20H13F2N5OS. The van der Waals surface area contributed by atoms with Gasteiger partial charge < -0.3 is 5.32 Å². The number of hydrogen-bond acceptors (Lipinski definition) is 6. The van der Waals surface area contributed by atoms with E-state index in [-0.39, 0.29) is 22.3 Å². The molecule has 0 bridgehead atoms. The van der Waals surface area contributed by atoms with Gasteiger partial charge in [0, 0.05) is 22.8 Å². The average molecular weight is 409 g/mol. The van der Waals surface area contributed by atoms with Crippen LogP contribution in [-0.2, 0) is 0 Å². The lowest BCUT2D eigenvalue weighted by Gasteiger charge is -2.06. The SMILES string of the molecule is O=C(Nc1nc(-c2c(F)cccc2F)cs1)c1ccc(Nc2ccncn2)cc1. The highest BCUT2D eigenvalue weighted by atomic mass is 32.1. The predicted molar refractivity (Wildman–Crippen MR) is 107 cm³/mol. The average Bonchev–Trinajstić information content (AvgIpc) is 3.17. The lowest BCUT2D eigenvalue weighted by molar-refractivity contribution is 0.102. The summed E-state index contributed by atoms with van der Waals surface area (Å²) in [5.41, 5.74) is 1.08. The van der Waals surface area contributed by atoms with Crippen LogP contribution >= 0.6 is 11.3 Å². The summed E-state index contributed by atoms with van der Waals surface area (Å²) < 4.78 is 27.8. The maximum Gasteiger partial charge on any atom is 0.257 e. The normalized spacial score (nSPS) is 10.6. The third-order valence-corrected chi connectivity index (χ3v) is 4.70. The summed E-state index contributed by atoms with van der Waals surface area (Å²) in [5, 5.41) is 7.46. The number of nitrogens with zero attached hydrogens (tertiary/aromatic N) is 3. The predicted octanol–water partition coefficient (Wildman–Crippen LogP) is 4.87. The van der Waals surface area contributed by atoms with Gasteiger partial charge in [-0.05, 0) is 42.5 Å². The van der Waals surface area contributed by atoms with Crippen molar-refractivity contribution in [1.29, 1.82) is 0 Å². The highest BCUT2D eigenvalue weighted by molar-refractivity contribution is 7.14. The molecule has 4 rings (SSSR count). The molecule has 0 fully saturated rings. The zero-order chi connectivity index (χ0) is 20.2. The molecule has 0 aliphatic heterocycles. The van der Waals surface area contributed by atoms with Gasteiger partial charge in [0.15, 0.2) is 5.13 Å². The largest absolute Gasteiger partial charge is 0.340 e. The number of amides is 1. The molecule has 2 N–H and O–H groups in total. The number of halogens is 2. The van der Waals surface area contributed by atoms with E-state index in [0.717, 1.165) is 29.2 Å². The van der Waals surface area contributed by atoms with Gasteiger partial charge in [-0.3, -0.25) is 10.1 Å². The van der Waals surface area contributed by atoms with E-state index in [1.807, 2.05) is 0 Å². The summed E-state index contributed by atoms with van der Waals surface area (Å²) in [6, 6.07) is 12.1. The zero-order valence-electron chi connectivity index (χ0n) is 14.8. The number of benzene rings is 2. The lowest BCUT2D eigenvalue weighted by atomic mass is 10.1. The second kappa shape index (κ2) is 8.11. The van der Waals surface area contributed by atoms with E-state index < -0.39 is 11.6 Å². The molecule has 2 aromatic heterocycles. The molecule has 0 unspecified atom stereocenters. The number of carbonyl (C=O) groups excluding carboxylic acids is 1. The number of nitrogens with one attached hydrogen (secondary N) is 2. The van der Waals surface area contributed by atoms with Crippen molar-refractivity contribution >= 4 is 33.9 Å². The molecule has 6 nitrogen and oxygen atoms in total. The molecule has 9 heteroatoms. The molecule has 0 atom stereocenters. The third kappa shape index (κ3) is 4.25. The van der Waals surface area contributed by atoms with Crippen LogP contribution in [0.4, 0.5) is 25.4 Å². The molecule has 0 aliphatic rings. The summed E-state index contributed by atoms with van der Waals surface area (Å²) in [4.78, 5) is 24.5. The van der Waals surface area contributed by atoms with Crippen LogP contribution in [0.3, 0.4) is 0 Å². The van der Waals surface area contributed by atoms with Crippen LogP contribution < -0.4 is 10.6 Å². The number of aromatic nitrogens is 3. The van der Waals surface area contributed by atoms with Crippen molar-refractivity contribution in [2.24, 2.45) is 0 Å². The van der Waals surface area contributed by atoms with Crippen molar-refractivity contribution in [2.75, 3.05) is 10.6 Å². The van der Waals surface area contributed by atoms with E-state index in [4.69, 9.17) is 0 Å². The van der Waals surface area contributed by atoms with E-state index in [2.05, 4.69) is 25.6 Å².